The van der Waals surface area contributed by atoms with Crippen molar-refractivity contribution >= 4 is 11.8 Å². The zero-order valence-corrected chi connectivity index (χ0v) is 22.2. The fraction of sp³-hybridized carbons (Fsp3) is 0.600. The Hall–Kier alpha value is -2.48. The minimum absolute atomic E-state index is 0.0826. The lowest BCUT2D eigenvalue weighted by atomic mass is 9.87. The molecule has 3 unspecified atom stereocenters. The van der Waals surface area contributed by atoms with Crippen molar-refractivity contribution in [2.24, 2.45) is 5.92 Å². The van der Waals surface area contributed by atoms with Crippen LogP contribution >= 0.6 is 0 Å². The number of hydrogen-bond acceptors (Lipinski definition) is 6. The van der Waals surface area contributed by atoms with Crippen LogP contribution in [0, 0.1) is 5.92 Å². The molecule has 5 rings (SSSR count). The van der Waals surface area contributed by atoms with Gasteiger partial charge in [-0.05, 0) is 79.2 Å². The Labute approximate surface area is 220 Å². The summed E-state index contributed by atoms with van der Waals surface area (Å²) in [6.45, 7) is 7.99. The van der Waals surface area contributed by atoms with Crippen molar-refractivity contribution < 1.29 is 19.4 Å². The second kappa shape index (κ2) is 11.9. The Balaban J connectivity index is 1.13. The maximum atomic E-state index is 12.5. The quantitative estimate of drug-likeness (QED) is 0.448. The molecule has 7 heteroatoms. The normalized spacial score (nSPS) is 22.4. The third kappa shape index (κ3) is 6.16. The van der Waals surface area contributed by atoms with E-state index in [1.165, 1.54) is 12.0 Å². The number of benzene rings is 1. The highest BCUT2D eigenvalue weighted by molar-refractivity contribution is 5.76. The van der Waals surface area contributed by atoms with Gasteiger partial charge in [0.05, 0.1) is 18.8 Å². The summed E-state index contributed by atoms with van der Waals surface area (Å²) in [5.74, 6) is 0.674. The van der Waals surface area contributed by atoms with E-state index in [-0.39, 0.29) is 12.2 Å². The van der Waals surface area contributed by atoms with Gasteiger partial charge in [-0.25, -0.2) is 4.98 Å². The Kier molecular flexibility index (Phi) is 8.43. The highest BCUT2D eigenvalue weighted by Gasteiger charge is 2.36. The van der Waals surface area contributed by atoms with E-state index in [9.17, 15) is 9.90 Å². The van der Waals surface area contributed by atoms with Crippen LogP contribution in [0.4, 0.5) is 5.82 Å². The minimum atomic E-state index is -0.784. The molecule has 0 aliphatic carbocycles. The number of carbonyl (C=O) groups is 1. The Bertz CT molecular complexity index is 1090. The van der Waals surface area contributed by atoms with Gasteiger partial charge in [0, 0.05) is 31.9 Å². The van der Waals surface area contributed by atoms with Crippen molar-refractivity contribution in [1.82, 2.24) is 9.88 Å². The van der Waals surface area contributed by atoms with Gasteiger partial charge in [-0.1, -0.05) is 38.1 Å². The third-order valence-corrected chi connectivity index (χ3v) is 8.11. The molecule has 200 valence electrons. The number of likely N-dealkylation sites (tertiary alicyclic amines) is 1. The maximum Gasteiger partial charge on any atom is 0.325 e. The molecule has 3 aliphatic heterocycles. The van der Waals surface area contributed by atoms with E-state index in [0.717, 1.165) is 79.8 Å². The van der Waals surface area contributed by atoms with Crippen LogP contribution in [-0.2, 0) is 40.1 Å². The summed E-state index contributed by atoms with van der Waals surface area (Å²) in [5, 5.41) is 13.7. The molecule has 1 fully saturated rings. The monoisotopic (exact) mass is 507 g/mol. The molecule has 1 aromatic heterocycles. The molecule has 3 atom stereocenters. The Morgan fingerprint density at radius 3 is 2.97 bits per heavy atom. The molecule has 2 aromatic rings. The van der Waals surface area contributed by atoms with E-state index in [2.05, 4.69) is 42.3 Å². The summed E-state index contributed by atoms with van der Waals surface area (Å²) in [6.07, 6.45) is 7.12. The first-order valence-corrected chi connectivity index (χ1v) is 14.0. The van der Waals surface area contributed by atoms with Gasteiger partial charge < -0.3 is 19.9 Å². The number of anilines is 1. The largest absolute Gasteiger partial charge is 0.480 e. The fourth-order valence-electron chi connectivity index (χ4n) is 5.96. The van der Waals surface area contributed by atoms with Crippen LogP contribution in [0.2, 0.25) is 0 Å². The number of rotatable bonds is 10. The van der Waals surface area contributed by atoms with Crippen LogP contribution in [0.3, 0.4) is 0 Å². The van der Waals surface area contributed by atoms with Gasteiger partial charge in [-0.2, -0.15) is 0 Å². The first kappa shape index (κ1) is 26.1. The van der Waals surface area contributed by atoms with E-state index in [4.69, 9.17) is 14.5 Å². The van der Waals surface area contributed by atoms with E-state index >= 15 is 0 Å². The van der Waals surface area contributed by atoms with Crippen LogP contribution in [0.25, 0.3) is 0 Å². The number of ether oxygens (including phenoxy) is 2. The van der Waals surface area contributed by atoms with Crippen molar-refractivity contribution in [2.75, 3.05) is 31.6 Å². The number of fused-ring (bicyclic) bond motifs is 2. The molecule has 37 heavy (non-hydrogen) atoms. The Morgan fingerprint density at radius 2 is 2.14 bits per heavy atom. The summed E-state index contributed by atoms with van der Waals surface area (Å²) in [6, 6.07) is 9.77. The first-order valence-electron chi connectivity index (χ1n) is 14.0. The highest BCUT2D eigenvalue weighted by atomic mass is 16.5. The predicted octanol–water partition coefficient (Wildman–Crippen LogP) is 4.78. The molecular weight excluding hydrogens is 466 g/mol. The summed E-state index contributed by atoms with van der Waals surface area (Å²) in [4.78, 5) is 19.4. The molecule has 0 amide bonds. The molecule has 1 aromatic carbocycles. The number of nitrogens with one attached hydrogen (secondary N) is 1. The van der Waals surface area contributed by atoms with Gasteiger partial charge in [0.1, 0.15) is 11.9 Å². The minimum Gasteiger partial charge on any atom is -0.480 e. The lowest BCUT2D eigenvalue weighted by Gasteiger charge is -2.33. The van der Waals surface area contributed by atoms with E-state index in [0.29, 0.717) is 25.7 Å². The lowest BCUT2D eigenvalue weighted by molar-refractivity contribution is -0.143. The van der Waals surface area contributed by atoms with Crippen molar-refractivity contribution in [2.45, 2.75) is 83.6 Å². The zero-order chi connectivity index (χ0) is 25.8. The van der Waals surface area contributed by atoms with Crippen LogP contribution in [-0.4, -0.2) is 59.4 Å². The summed E-state index contributed by atoms with van der Waals surface area (Å²) < 4.78 is 12.2. The topological polar surface area (TPSA) is 83.9 Å². The number of hydrogen-bond donors (Lipinski definition) is 2. The van der Waals surface area contributed by atoms with Crippen LogP contribution in [0.15, 0.2) is 30.3 Å². The number of aliphatic carboxylic acids is 1. The summed E-state index contributed by atoms with van der Waals surface area (Å²) >= 11 is 0. The molecular formula is C30H41N3O4. The average molecular weight is 508 g/mol. The number of aromatic nitrogens is 1. The molecule has 0 saturated carbocycles. The number of carboxylic acid groups (broad SMARTS) is 1. The molecule has 0 bridgehead atoms. The van der Waals surface area contributed by atoms with Gasteiger partial charge in [-0.3, -0.25) is 9.69 Å². The second-order valence-corrected chi connectivity index (χ2v) is 11.1. The average Bonchev–Trinajstić information content (AvgIpc) is 3.36. The van der Waals surface area contributed by atoms with Gasteiger partial charge in [0.2, 0.25) is 0 Å². The number of aryl methyl sites for hydroxylation is 2. The molecule has 0 radical (unpaired) electrons. The first-order chi connectivity index (χ1) is 18.0. The van der Waals surface area contributed by atoms with Crippen LogP contribution < -0.4 is 5.32 Å². The second-order valence-electron chi connectivity index (χ2n) is 11.1. The third-order valence-electron chi connectivity index (χ3n) is 8.11. The number of pyridine rings is 1. The van der Waals surface area contributed by atoms with Crippen LogP contribution in [0.5, 0.6) is 0 Å². The SMILES string of the molecule is CC(C)C1Cc2c(cccc2C(C(=O)O)N2CCC(OCCCCc3ccc4c(n3)NCCC4)C2)CO1. The van der Waals surface area contributed by atoms with E-state index in [1.807, 2.05) is 12.1 Å². The van der Waals surface area contributed by atoms with Gasteiger partial charge >= 0.3 is 5.97 Å². The van der Waals surface area contributed by atoms with Crippen LogP contribution in [0.1, 0.15) is 73.5 Å². The molecule has 0 spiro atoms. The van der Waals surface area contributed by atoms with Gasteiger partial charge in [0.25, 0.3) is 0 Å². The van der Waals surface area contributed by atoms with Crippen molar-refractivity contribution in [1.29, 1.82) is 0 Å². The highest BCUT2D eigenvalue weighted by Crippen LogP contribution is 2.34. The summed E-state index contributed by atoms with van der Waals surface area (Å²) in [7, 11) is 0. The predicted molar refractivity (Wildman–Crippen MR) is 144 cm³/mol. The zero-order valence-electron chi connectivity index (χ0n) is 22.2. The number of carboxylic acids is 1. The van der Waals surface area contributed by atoms with Crippen molar-refractivity contribution in [3.05, 3.63) is 58.3 Å². The number of unbranched alkanes of at least 4 members (excludes halogenated alkanes) is 1. The Morgan fingerprint density at radius 1 is 1.24 bits per heavy atom. The summed E-state index contributed by atoms with van der Waals surface area (Å²) in [5.41, 5.74) is 5.67. The number of nitrogens with zero attached hydrogens (tertiary/aromatic N) is 2. The molecule has 7 nitrogen and oxygen atoms in total. The van der Waals surface area contributed by atoms with Gasteiger partial charge in [0.15, 0.2) is 0 Å². The van der Waals surface area contributed by atoms with Crippen molar-refractivity contribution in [3.63, 3.8) is 0 Å². The maximum absolute atomic E-state index is 12.5. The smallest absolute Gasteiger partial charge is 0.325 e. The standard InChI is InChI=1S/C30H41N3O4/c1-20(2)27-17-26-22(19-37-27)7-5-10-25(26)28(30(34)35)33-15-13-24(18-33)36-16-4-3-9-23-12-11-21-8-6-14-31-29(21)32-23/h5,7,10-12,20,24,27-28H,3-4,6,8-9,13-19H2,1-2H3,(H,31,32)(H,34,35). The molecule has 4 heterocycles. The lowest BCUT2D eigenvalue weighted by Crippen LogP contribution is -2.36. The van der Waals surface area contributed by atoms with Crippen molar-refractivity contribution in [3.8, 4) is 0 Å². The fourth-order valence-corrected chi connectivity index (χ4v) is 5.96. The molecule has 3 aliphatic rings. The molecule has 1 saturated heterocycles. The van der Waals surface area contributed by atoms with Gasteiger partial charge in [-0.15, -0.1) is 0 Å². The van der Waals surface area contributed by atoms with E-state index in [1.54, 1.807) is 0 Å². The van der Waals surface area contributed by atoms with E-state index < -0.39 is 12.0 Å². The molecule has 2 N–H and O–H groups in total.